The van der Waals surface area contributed by atoms with Crippen molar-refractivity contribution in [1.29, 1.82) is 0 Å². The molecule has 1 aromatic rings. The van der Waals surface area contributed by atoms with E-state index >= 15 is 0 Å². The summed E-state index contributed by atoms with van der Waals surface area (Å²) in [4.78, 5) is 2.25. The standard InChI is InChI=1S/C12H17NO4/c14-10-1-2-12(11(15)9-10)17-8-5-13-3-6-16-7-4-13/h1-2,9,14-15H,3-8H2. The van der Waals surface area contributed by atoms with E-state index < -0.39 is 0 Å². The summed E-state index contributed by atoms with van der Waals surface area (Å²) in [7, 11) is 0. The van der Waals surface area contributed by atoms with Gasteiger partial charge in [0.1, 0.15) is 12.4 Å². The van der Waals surface area contributed by atoms with Crippen molar-refractivity contribution in [1.82, 2.24) is 4.90 Å². The minimum absolute atomic E-state index is 0.0306. The monoisotopic (exact) mass is 239 g/mol. The van der Waals surface area contributed by atoms with Gasteiger partial charge in [-0.1, -0.05) is 0 Å². The first-order valence-electron chi connectivity index (χ1n) is 5.70. The van der Waals surface area contributed by atoms with Gasteiger partial charge in [0.15, 0.2) is 11.5 Å². The molecule has 0 aliphatic carbocycles. The van der Waals surface area contributed by atoms with Crippen molar-refractivity contribution in [3.8, 4) is 17.2 Å². The molecule has 0 spiro atoms. The number of hydrogen-bond donors (Lipinski definition) is 2. The highest BCUT2D eigenvalue weighted by Gasteiger charge is 2.10. The Morgan fingerprint density at radius 1 is 1.24 bits per heavy atom. The summed E-state index contributed by atoms with van der Waals surface area (Å²) in [6.07, 6.45) is 0. The number of phenols is 2. The van der Waals surface area contributed by atoms with Gasteiger partial charge in [-0.05, 0) is 12.1 Å². The number of hydrogen-bond acceptors (Lipinski definition) is 5. The van der Waals surface area contributed by atoms with Crippen LogP contribution >= 0.6 is 0 Å². The van der Waals surface area contributed by atoms with E-state index in [9.17, 15) is 5.11 Å². The van der Waals surface area contributed by atoms with Crippen LogP contribution in [0.3, 0.4) is 0 Å². The number of morpholine rings is 1. The van der Waals surface area contributed by atoms with E-state index in [0.717, 1.165) is 32.8 Å². The molecule has 1 aliphatic rings. The normalized spacial score (nSPS) is 16.9. The fourth-order valence-corrected chi connectivity index (χ4v) is 1.74. The van der Waals surface area contributed by atoms with E-state index in [4.69, 9.17) is 14.6 Å². The molecule has 0 unspecified atom stereocenters. The van der Waals surface area contributed by atoms with Crippen molar-refractivity contribution in [3.05, 3.63) is 18.2 Å². The molecule has 1 saturated heterocycles. The summed E-state index contributed by atoms with van der Waals surface area (Å²) in [5, 5.41) is 18.6. The third-order valence-electron chi connectivity index (χ3n) is 2.71. The fraction of sp³-hybridized carbons (Fsp3) is 0.500. The number of aromatic hydroxyl groups is 2. The van der Waals surface area contributed by atoms with Crippen LogP contribution in [0.5, 0.6) is 17.2 Å². The summed E-state index contributed by atoms with van der Waals surface area (Å²) in [5.41, 5.74) is 0. The first-order chi connectivity index (χ1) is 8.25. The second-order valence-corrected chi connectivity index (χ2v) is 3.95. The van der Waals surface area contributed by atoms with Crippen LogP contribution in [-0.4, -0.2) is 54.6 Å². The summed E-state index contributed by atoms with van der Waals surface area (Å²) in [5.74, 6) is 0.395. The van der Waals surface area contributed by atoms with Gasteiger partial charge in [0.05, 0.1) is 13.2 Å². The lowest BCUT2D eigenvalue weighted by atomic mass is 10.3. The van der Waals surface area contributed by atoms with E-state index in [0.29, 0.717) is 12.4 Å². The van der Waals surface area contributed by atoms with E-state index in [2.05, 4.69) is 4.90 Å². The van der Waals surface area contributed by atoms with Crippen molar-refractivity contribution < 1.29 is 19.7 Å². The molecule has 2 N–H and O–H groups in total. The third kappa shape index (κ3) is 3.51. The Kier molecular flexibility index (Phi) is 4.06. The van der Waals surface area contributed by atoms with Crippen LogP contribution in [-0.2, 0) is 4.74 Å². The van der Waals surface area contributed by atoms with Gasteiger partial charge < -0.3 is 19.7 Å². The predicted octanol–water partition coefficient (Wildman–Crippen LogP) is 0.809. The minimum Gasteiger partial charge on any atom is -0.508 e. The maximum absolute atomic E-state index is 9.51. The molecule has 17 heavy (non-hydrogen) atoms. The van der Waals surface area contributed by atoms with Crippen LogP contribution < -0.4 is 4.74 Å². The molecule has 0 bridgehead atoms. The number of ether oxygens (including phenoxy) is 2. The Morgan fingerprint density at radius 3 is 2.71 bits per heavy atom. The lowest BCUT2D eigenvalue weighted by Crippen LogP contribution is -2.38. The van der Waals surface area contributed by atoms with Gasteiger partial charge in [-0.25, -0.2) is 0 Å². The summed E-state index contributed by atoms with van der Waals surface area (Å²) in [6.45, 7) is 4.70. The predicted molar refractivity (Wildman–Crippen MR) is 62.5 cm³/mol. The quantitative estimate of drug-likeness (QED) is 0.814. The molecule has 1 aromatic carbocycles. The molecule has 0 aromatic heterocycles. The lowest BCUT2D eigenvalue weighted by Gasteiger charge is -2.26. The maximum Gasteiger partial charge on any atom is 0.161 e. The van der Waals surface area contributed by atoms with Gasteiger partial charge in [0.25, 0.3) is 0 Å². The molecule has 94 valence electrons. The van der Waals surface area contributed by atoms with Crippen molar-refractivity contribution in [2.24, 2.45) is 0 Å². The summed E-state index contributed by atoms with van der Waals surface area (Å²) >= 11 is 0. The highest BCUT2D eigenvalue weighted by Crippen LogP contribution is 2.29. The molecule has 1 fully saturated rings. The van der Waals surface area contributed by atoms with Crippen molar-refractivity contribution in [3.63, 3.8) is 0 Å². The maximum atomic E-state index is 9.51. The van der Waals surface area contributed by atoms with Crippen LogP contribution in [0.2, 0.25) is 0 Å². The van der Waals surface area contributed by atoms with E-state index in [1.807, 2.05) is 0 Å². The molecule has 0 saturated carbocycles. The first-order valence-corrected chi connectivity index (χ1v) is 5.70. The molecule has 2 rings (SSSR count). The summed E-state index contributed by atoms with van der Waals surface area (Å²) < 4.78 is 10.7. The van der Waals surface area contributed by atoms with Crippen LogP contribution in [0.4, 0.5) is 0 Å². The average Bonchev–Trinajstić information content (AvgIpc) is 2.33. The Balaban J connectivity index is 1.77. The number of benzene rings is 1. The molecule has 0 radical (unpaired) electrons. The van der Waals surface area contributed by atoms with Gasteiger partial charge in [-0.2, -0.15) is 0 Å². The Bertz CT molecular complexity index is 364. The number of nitrogens with zero attached hydrogens (tertiary/aromatic N) is 1. The van der Waals surface area contributed by atoms with Crippen LogP contribution in [0.1, 0.15) is 0 Å². The zero-order chi connectivity index (χ0) is 12.1. The van der Waals surface area contributed by atoms with Gasteiger partial charge in [-0.3, -0.25) is 4.90 Å². The second-order valence-electron chi connectivity index (χ2n) is 3.95. The summed E-state index contributed by atoms with van der Waals surface area (Å²) in [6, 6.07) is 4.32. The zero-order valence-corrected chi connectivity index (χ0v) is 9.63. The van der Waals surface area contributed by atoms with Crippen LogP contribution in [0, 0.1) is 0 Å². The zero-order valence-electron chi connectivity index (χ0n) is 9.63. The Morgan fingerprint density at radius 2 is 2.00 bits per heavy atom. The van der Waals surface area contributed by atoms with Crippen molar-refractivity contribution in [2.45, 2.75) is 0 Å². The SMILES string of the molecule is Oc1ccc(OCCN2CCOCC2)c(O)c1. The van der Waals surface area contributed by atoms with Gasteiger partial charge >= 0.3 is 0 Å². The Labute approximate surface area is 100 Å². The highest BCUT2D eigenvalue weighted by molar-refractivity contribution is 5.43. The van der Waals surface area contributed by atoms with Gasteiger partial charge in [0.2, 0.25) is 0 Å². The first kappa shape index (κ1) is 12.0. The fourth-order valence-electron chi connectivity index (χ4n) is 1.74. The average molecular weight is 239 g/mol. The molecular weight excluding hydrogens is 222 g/mol. The van der Waals surface area contributed by atoms with Crippen molar-refractivity contribution >= 4 is 0 Å². The molecule has 5 nitrogen and oxygen atoms in total. The minimum atomic E-state index is -0.0352. The molecule has 1 heterocycles. The van der Waals surface area contributed by atoms with Crippen LogP contribution in [0.15, 0.2) is 18.2 Å². The lowest BCUT2D eigenvalue weighted by molar-refractivity contribution is 0.0321. The van der Waals surface area contributed by atoms with E-state index in [1.165, 1.54) is 12.1 Å². The van der Waals surface area contributed by atoms with Crippen molar-refractivity contribution in [2.75, 3.05) is 39.5 Å². The molecule has 5 heteroatoms. The molecule has 0 atom stereocenters. The van der Waals surface area contributed by atoms with E-state index in [1.54, 1.807) is 6.07 Å². The van der Waals surface area contributed by atoms with Gasteiger partial charge in [-0.15, -0.1) is 0 Å². The van der Waals surface area contributed by atoms with E-state index in [-0.39, 0.29) is 11.5 Å². The third-order valence-corrected chi connectivity index (χ3v) is 2.71. The molecular formula is C12H17NO4. The number of rotatable bonds is 4. The largest absolute Gasteiger partial charge is 0.508 e. The molecule has 0 amide bonds. The Hall–Kier alpha value is -1.46. The second kappa shape index (κ2) is 5.75. The topological polar surface area (TPSA) is 62.2 Å². The molecule has 1 aliphatic heterocycles. The van der Waals surface area contributed by atoms with Crippen LogP contribution in [0.25, 0.3) is 0 Å². The number of phenolic OH excluding ortho intramolecular Hbond substituents is 2. The van der Waals surface area contributed by atoms with Gasteiger partial charge in [0, 0.05) is 25.7 Å². The smallest absolute Gasteiger partial charge is 0.161 e. The highest BCUT2D eigenvalue weighted by atomic mass is 16.5.